The maximum absolute atomic E-state index is 10.6. The lowest BCUT2D eigenvalue weighted by molar-refractivity contribution is 0.466. The van der Waals surface area contributed by atoms with Gasteiger partial charge in [0.1, 0.15) is 11.5 Å². The van der Waals surface area contributed by atoms with E-state index in [4.69, 9.17) is 0 Å². The number of benzene rings is 4. The van der Waals surface area contributed by atoms with Gasteiger partial charge in [-0.3, -0.25) is 0 Å². The lowest BCUT2D eigenvalue weighted by Crippen LogP contribution is -1.92. The summed E-state index contributed by atoms with van der Waals surface area (Å²) in [7, 11) is 0. The molecule has 0 unspecified atom stereocenters. The van der Waals surface area contributed by atoms with Gasteiger partial charge in [-0.1, -0.05) is 50.2 Å². The van der Waals surface area contributed by atoms with E-state index in [-0.39, 0.29) is 11.7 Å². The van der Waals surface area contributed by atoms with E-state index in [1.807, 2.05) is 36.4 Å². The normalized spacial score (nSPS) is 11.8. The molecule has 4 rings (SSSR count). The van der Waals surface area contributed by atoms with E-state index in [0.29, 0.717) is 5.75 Å². The average Bonchev–Trinajstić information content (AvgIpc) is 2.53. The van der Waals surface area contributed by atoms with Crippen LogP contribution in [0.2, 0.25) is 0 Å². The van der Waals surface area contributed by atoms with Gasteiger partial charge in [-0.25, -0.2) is 0 Å². The molecular weight excluding hydrogens is 284 g/mol. The van der Waals surface area contributed by atoms with Crippen LogP contribution in [0.4, 0.5) is 0 Å². The smallest absolute Gasteiger partial charge is 0.124 e. The quantitative estimate of drug-likeness (QED) is 0.444. The predicted molar refractivity (Wildman–Crippen MR) is 96.4 cm³/mol. The van der Waals surface area contributed by atoms with Crippen LogP contribution in [0, 0.1) is 0 Å². The summed E-state index contributed by atoms with van der Waals surface area (Å²) in [4.78, 5) is 0. The van der Waals surface area contributed by atoms with E-state index in [1.165, 1.54) is 0 Å². The Bertz CT molecular complexity index is 1060. The number of fused-ring (bicyclic) bond motifs is 5. The fourth-order valence-corrected chi connectivity index (χ4v) is 3.61. The number of rotatable bonds is 1. The Morgan fingerprint density at radius 1 is 0.696 bits per heavy atom. The van der Waals surface area contributed by atoms with Crippen molar-refractivity contribution in [1.82, 2.24) is 0 Å². The highest BCUT2D eigenvalue weighted by atomic mass is 16.3. The monoisotopic (exact) mass is 302 g/mol. The van der Waals surface area contributed by atoms with Crippen molar-refractivity contribution < 1.29 is 10.2 Å². The summed E-state index contributed by atoms with van der Waals surface area (Å²) >= 11 is 0. The molecule has 0 aromatic heterocycles. The highest BCUT2D eigenvalue weighted by Crippen LogP contribution is 2.41. The van der Waals surface area contributed by atoms with Gasteiger partial charge in [-0.2, -0.15) is 0 Å². The van der Waals surface area contributed by atoms with Crippen molar-refractivity contribution in [3.05, 3.63) is 60.2 Å². The maximum Gasteiger partial charge on any atom is 0.124 e. The van der Waals surface area contributed by atoms with Crippen molar-refractivity contribution in [3.63, 3.8) is 0 Å². The van der Waals surface area contributed by atoms with Gasteiger partial charge in [0.05, 0.1) is 0 Å². The van der Waals surface area contributed by atoms with Gasteiger partial charge < -0.3 is 10.2 Å². The van der Waals surface area contributed by atoms with Gasteiger partial charge in [0.15, 0.2) is 0 Å². The van der Waals surface area contributed by atoms with Gasteiger partial charge in [-0.05, 0) is 51.0 Å². The SMILES string of the molecule is CC(C)c1c(O)ccc2c1ccc1c3ccccc3cc(O)c21. The van der Waals surface area contributed by atoms with E-state index in [0.717, 1.165) is 37.9 Å². The molecular formula is C21H18O2. The van der Waals surface area contributed by atoms with Crippen molar-refractivity contribution in [2.24, 2.45) is 0 Å². The molecule has 0 aliphatic carbocycles. The molecule has 2 nitrogen and oxygen atoms in total. The standard InChI is InChI=1S/C21H18O2/c1-12(2)20-16-8-7-15-14-6-4-3-5-13(14)11-19(23)21(15)17(16)9-10-18(20)22/h3-12,22-23H,1-2H3. The van der Waals surface area contributed by atoms with Crippen LogP contribution in [0.15, 0.2) is 54.6 Å². The first-order valence-electron chi connectivity index (χ1n) is 7.87. The molecule has 0 spiro atoms. The molecule has 0 atom stereocenters. The van der Waals surface area contributed by atoms with Gasteiger partial charge in [-0.15, -0.1) is 0 Å². The van der Waals surface area contributed by atoms with Crippen LogP contribution in [0.25, 0.3) is 32.3 Å². The van der Waals surface area contributed by atoms with Crippen molar-refractivity contribution in [2.45, 2.75) is 19.8 Å². The molecule has 0 bridgehead atoms. The predicted octanol–water partition coefficient (Wildman–Crippen LogP) is 5.68. The Morgan fingerprint density at radius 3 is 2.13 bits per heavy atom. The van der Waals surface area contributed by atoms with Crippen LogP contribution in [-0.2, 0) is 0 Å². The molecule has 0 radical (unpaired) electrons. The summed E-state index contributed by atoms with van der Waals surface area (Å²) in [5.41, 5.74) is 0.928. The van der Waals surface area contributed by atoms with E-state index >= 15 is 0 Å². The van der Waals surface area contributed by atoms with Crippen molar-refractivity contribution in [1.29, 1.82) is 0 Å². The Kier molecular flexibility index (Phi) is 2.95. The van der Waals surface area contributed by atoms with E-state index in [9.17, 15) is 10.2 Å². The minimum atomic E-state index is 0.207. The zero-order valence-electron chi connectivity index (χ0n) is 13.2. The second-order valence-electron chi connectivity index (χ2n) is 6.35. The molecule has 0 aliphatic rings. The largest absolute Gasteiger partial charge is 0.508 e. The maximum atomic E-state index is 10.6. The molecule has 0 amide bonds. The third kappa shape index (κ3) is 1.95. The molecule has 0 saturated carbocycles. The minimum absolute atomic E-state index is 0.207. The Morgan fingerprint density at radius 2 is 1.35 bits per heavy atom. The second kappa shape index (κ2) is 4.88. The number of hydrogen-bond donors (Lipinski definition) is 2. The summed E-state index contributed by atoms with van der Waals surface area (Å²) in [6, 6.07) is 17.6. The molecule has 0 saturated heterocycles. The van der Waals surface area contributed by atoms with Gasteiger partial charge >= 0.3 is 0 Å². The third-order valence-electron chi connectivity index (χ3n) is 4.60. The van der Waals surface area contributed by atoms with Gasteiger partial charge in [0.2, 0.25) is 0 Å². The number of aromatic hydroxyl groups is 2. The van der Waals surface area contributed by atoms with Crippen LogP contribution in [0.3, 0.4) is 0 Å². The van der Waals surface area contributed by atoms with Gasteiger partial charge in [0.25, 0.3) is 0 Å². The third-order valence-corrected chi connectivity index (χ3v) is 4.60. The zero-order valence-corrected chi connectivity index (χ0v) is 13.2. The minimum Gasteiger partial charge on any atom is -0.508 e. The van der Waals surface area contributed by atoms with Crippen LogP contribution in [-0.4, -0.2) is 10.2 Å². The Balaban J connectivity index is 2.26. The summed E-state index contributed by atoms with van der Waals surface area (Å²) in [6.45, 7) is 4.14. The van der Waals surface area contributed by atoms with Gasteiger partial charge in [0, 0.05) is 10.9 Å². The highest BCUT2D eigenvalue weighted by Gasteiger charge is 2.15. The lowest BCUT2D eigenvalue weighted by Gasteiger charge is -2.15. The molecule has 0 heterocycles. The number of phenolic OH excluding ortho intramolecular Hbond substituents is 2. The molecule has 0 fully saturated rings. The second-order valence-corrected chi connectivity index (χ2v) is 6.35. The van der Waals surface area contributed by atoms with Crippen molar-refractivity contribution in [3.8, 4) is 11.5 Å². The lowest BCUT2D eigenvalue weighted by atomic mass is 9.90. The summed E-state index contributed by atoms with van der Waals surface area (Å²) < 4.78 is 0. The number of hydrogen-bond acceptors (Lipinski definition) is 2. The molecule has 23 heavy (non-hydrogen) atoms. The van der Waals surface area contributed by atoms with E-state index in [2.05, 4.69) is 26.0 Å². The summed E-state index contributed by atoms with van der Waals surface area (Å²) in [5.74, 6) is 0.801. The fraction of sp³-hybridized carbons (Fsp3) is 0.143. The van der Waals surface area contributed by atoms with E-state index < -0.39 is 0 Å². The molecule has 4 aromatic rings. The molecule has 4 aromatic carbocycles. The molecule has 2 N–H and O–H groups in total. The Labute approximate surface area is 134 Å². The molecule has 114 valence electrons. The molecule has 2 heteroatoms. The van der Waals surface area contributed by atoms with Crippen LogP contribution < -0.4 is 0 Å². The van der Waals surface area contributed by atoms with E-state index in [1.54, 1.807) is 6.07 Å². The topological polar surface area (TPSA) is 40.5 Å². The first-order valence-corrected chi connectivity index (χ1v) is 7.87. The highest BCUT2D eigenvalue weighted by molar-refractivity contribution is 6.20. The first-order chi connectivity index (χ1) is 11.1. The summed E-state index contributed by atoms with van der Waals surface area (Å²) in [6.07, 6.45) is 0. The summed E-state index contributed by atoms with van der Waals surface area (Å²) in [5, 5.41) is 26.8. The Hall–Kier alpha value is -2.74. The average molecular weight is 302 g/mol. The number of phenols is 2. The van der Waals surface area contributed by atoms with Crippen molar-refractivity contribution in [2.75, 3.05) is 0 Å². The van der Waals surface area contributed by atoms with Crippen molar-refractivity contribution >= 4 is 32.3 Å². The first kappa shape index (κ1) is 13.9. The molecule has 0 aliphatic heterocycles. The van der Waals surface area contributed by atoms with Crippen LogP contribution in [0.1, 0.15) is 25.3 Å². The fourth-order valence-electron chi connectivity index (χ4n) is 3.61. The zero-order chi connectivity index (χ0) is 16.1. The van der Waals surface area contributed by atoms with Crippen LogP contribution >= 0.6 is 0 Å². The van der Waals surface area contributed by atoms with Crippen LogP contribution in [0.5, 0.6) is 11.5 Å².